The van der Waals surface area contributed by atoms with E-state index in [1.165, 1.54) is 77.0 Å². The van der Waals surface area contributed by atoms with E-state index in [1.807, 2.05) is 0 Å². The molecule has 1 aliphatic heterocycles. The molecule has 38 heavy (non-hydrogen) atoms. The van der Waals surface area contributed by atoms with Crippen LogP contribution in [0.2, 0.25) is 0 Å². The molecule has 7 heteroatoms. The predicted molar refractivity (Wildman–Crippen MR) is 161 cm³/mol. The van der Waals surface area contributed by atoms with Crippen LogP contribution >= 0.6 is 35.3 Å². The van der Waals surface area contributed by atoms with Gasteiger partial charge in [-0.3, -0.25) is 0 Å². The Kier molecular flexibility index (Phi) is 12.4. The van der Waals surface area contributed by atoms with Gasteiger partial charge in [0.25, 0.3) is 0 Å². The fourth-order valence-corrected chi connectivity index (χ4v) is 6.28. The van der Waals surface area contributed by atoms with Gasteiger partial charge in [-0.05, 0) is 55.2 Å². The molecule has 0 spiro atoms. The van der Waals surface area contributed by atoms with E-state index in [0.29, 0.717) is 6.04 Å². The van der Waals surface area contributed by atoms with Crippen LogP contribution in [0.4, 0.5) is 11.4 Å². The van der Waals surface area contributed by atoms with Crippen molar-refractivity contribution in [3.05, 3.63) is 94.0 Å². The first-order valence-corrected chi connectivity index (χ1v) is 21.8. The molecule has 0 radical (unpaired) electrons. The maximum atomic E-state index is 4.95. The van der Waals surface area contributed by atoms with Crippen LogP contribution < -0.4 is 17.3 Å². The monoisotopic (exact) mass is 682 g/mol. The number of anilines is 1. The number of allylic oxidation sites excluding steroid dienone is 1. The fourth-order valence-electron chi connectivity index (χ4n) is 5.80. The molecular formula is C31H34BrCl3N2Zn. The summed E-state index contributed by atoms with van der Waals surface area (Å²) in [6.07, 6.45) is 6.75. The molecule has 0 unspecified atom stereocenters. The summed E-state index contributed by atoms with van der Waals surface area (Å²) in [5, 5.41) is 0. The van der Waals surface area contributed by atoms with E-state index in [2.05, 4.69) is 119 Å². The van der Waals surface area contributed by atoms with Crippen LogP contribution in [0.5, 0.6) is 0 Å². The zero-order valence-electron chi connectivity index (χ0n) is 22.4. The van der Waals surface area contributed by atoms with E-state index in [-0.39, 0.29) is 12.4 Å². The van der Waals surface area contributed by atoms with Gasteiger partial charge in [-0.25, -0.2) is 0 Å². The van der Waals surface area contributed by atoms with Crippen molar-refractivity contribution < 1.29 is 32.1 Å². The second-order valence-corrected chi connectivity index (χ2v) is 15.1. The first-order valence-electron chi connectivity index (χ1n) is 13.2. The number of benzene rings is 3. The topological polar surface area (TPSA) is 6.25 Å². The molecule has 2 nitrogen and oxygen atoms in total. The van der Waals surface area contributed by atoms with Crippen molar-refractivity contribution in [3.8, 4) is 0 Å². The van der Waals surface area contributed by atoms with Crippen LogP contribution in [0.25, 0.3) is 11.1 Å². The quantitative estimate of drug-likeness (QED) is 0.214. The Morgan fingerprint density at radius 2 is 1.55 bits per heavy atom. The summed E-state index contributed by atoms with van der Waals surface area (Å²) in [5.41, 5.74) is 10.3. The van der Waals surface area contributed by atoms with Gasteiger partial charge in [0.15, 0.2) is 5.71 Å². The zero-order chi connectivity index (χ0) is 26.4. The third kappa shape index (κ3) is 6.76. The molecule has 0 amide bonds. The number of fused-ring (bicyclic) bond motifs is 1. The van der Waals surface area contributed by atoms with E-state index in [4.69, 9.17) is 19.4 Å². The van der Waals surface area contributed by atoms with E-state index in [0.717, 1.165) is 11.0 Å². The number of hydrogen-bond donors (Lipinski definition) is 0. The molecule has 1 aliphatic carbocycles. The van der Waals surface area contributed by atoms with Crippen LogP contribution in [0, 0.1) is 0 Å². The minimum absolute atomic E-state index is 0. The van der Waals surface area contributed by atoms with E-state index >= 15 is 0 Å². The van der Waals surface area contributed by atoms with Crippen molar-refractivity contribution in [2.24, 2.45) is 0 Å². The Morgan fingerprint density at radius 3 is 2.18 bits per heavy atom. The van der Waals surface area contributed by atoms with Gasteiger partial charge < -0.3 is 17.3 Å². The minimum atomic E-state index is -0.931. The van der Waals surface area contributed by atoms with E-state index < -0.39 is 15.1 Å². The Labute approximate surface area is 258 Å². The molecule has 5 rings (SSSR count). The fraction of sp³-hybridized carbons (Fsp3) is 0.323. The first-order chi connectivity index (χ1) is 18.0. The molecule has 1 saturated carbocycles. The SMILES string of the molecule is CCN(c1ccc(/C(=C2/C(C)=[N+](C)c3ccccc32)c2ccccc2Br)cc1)C1CCCCC1.[Cl-].[Cl][Zn][Cl]. The van der Waals surface area contributed by atoms with Gasteiger partial charge in [0.05, 0.1) is 11.1 Å². The summed E-state index contributed by atoms with van der Waals surface area (Å²) in [7, 11) is 12.1. The normalized spacial score (nSPS) is 16.1. The summed E-state index contributed by atoms with van der Waals surface area (Å²) in [5.74, 6) is 0. The molecule has 2 aliphatic rings. The van der Waals surface area contributed by atoms with Crippen molar-refractivity contribution in [3.63, 3.8) is 0 Å². The third-order valence-corrected chi connectivity index (χ3v) is 8.33. The molecule has 0 atom stereocenters. The molecule has 3 aromatic rings. The van der Waals surface area contributed by atoms with Gasteiger partial charge in [0.1, 0.15) is 7.05 Å². The van der Waals surface area contributed by atoms with Gasteiger partial charge in [-0.2, -0.15) is 4.58 Å². The van der Waals surface area contributed by atoms with E-state index in [9.17, 15) is 0 Å². The average Bonchev–Trinajstić information content (AvgIpc) is 3.18. The van der Waals surface area contributed by atoms with Crippen molar-refractivity contribution >= 4 is 63.5 Å². The van der Waals surface area contributed by atoms with Gasteiger partial charge in [0.2, 0.25) is 5.69 Å². The standard InChI is InChI=1S/C31H34BrN2.3ClH.Zn/c1-4-34(24-12-6-5-7-13-24)25-20-18-23(19-21-25)31(26-14-8-10-16-28(26)32)30-22(2)33(3)29-17-11-9-15-27(29)30;;;;/h8-11,14-21,24H,4-7,12-13H2,1-3H3;3*1H;/q+1;;;;+2/p-3. The molecule has 0 N–H and O–H groups in total. The summed E-state index contributed by atoms with van der Waals surface area (Å²) < 4.78 is 3.44. The molecule has 0 saturated heterocycles. The molecule has 3 aromatic carbocycles. The van der Waals surface area contributed by atoms with Crippen LogP contribution in [0.3, 0.4) is 0 Å². The van der Waals surface area contributed by atoms with Crippen LogP contribution in [-0.2, 0) is 15.1 Å². The van der Waals surface area contributed by atoms with Crippen molar-refractivity contribution in [1.29, 1.82) is 0 Å². The second kappa shape index (κ2) is 15.0. The number of halogens is 4. The van der Waals surface area contributed by atoms with Gasteiger partial charge >= 0.3 is 34.5 Å². The van der Waals surface area contributed by atoms with Crippen LogP contribution in [0.1, 0.15) is 62.6 Å². The summed E-state index contributed by atoms with van der Waals surface area (Å²) in [6.45, 7) is 5.59. The number of hydrogen-bond acceptors (Lipinski definition) is 1. The van der Waals surface area contributed by atoms with Crippen LogP contribution in [-0.4, -0.2) is 29.9 Å². The van der Waals surface area contributed by atoms with Gasteiger partial charge in [-0.15, -0.1) is 0 Å². The zero-order valence-corrected chi connectivity index (χ0v) is 29.2. The summed E-state index contributed by atoms with van der Waals surface area (Å²) in [6, 6.07) is 27.4. The Bertz CT molecular complexity index is 1280. The van der Waals surface area contributed by atoms with Crippen molar-refractivity contribution in [2.75, 3.05) is 18.5 Å². The number of nitrogens with zero attached hydrogens (tertiary/aromatic N) is 2. The second-order valence-electron chi connectivity index (χ2n) is 9.62. The predicted octanol–water partition coefficient (Wildman–Crippen LogP) is 6.70. The number of rotatable bonds is 5. The van der Waals surface area contributed by atoms with E-state index in [1.54, 1.807) is 0 Å². The molecular weight excluding hydrogens is 652 g/mol. The summed E-state index contributed by atoms with van der Waals surface area (Å²) >= 11 is 2.92. The molecule has 1 heterocycles. The van der Waals surface area contributed by atoms with Gasteiger partial charge in [0, 0.05) is 41.3 Å². The van der Waals surface area contributed by atoms with Crippen molar-refractivity contribution in [1.82, 2.24) is 0 Å². The third-order valence-electron chi connectivity index (χ3n) is 7.64. The summed E-state index contributed by atoms with van der Waals surface area (Å²) in [4.78, 5) is 2.62. The Hall–Kier alpha value is -1.16. The van der Waals surface area contributed by atoms with Gasteiger partial charge in [-0.1, -0.05) is 77.7 Å². The van der Waals surface area contributed by atoms with Crippen LogP contribution in [0.15, 0.2) is 77.3 Å². The molecule has 0 bridgehead atoms. The number of para-hydroxylation sites is 1. The Morgan fingerprint density at radius 1 is 0.947 bits per heavy atom. The molecule has 1 fully saturated rings. The van der Waals surface area contributed by atoms with Crippen molar-refractivity contribution in [2.45, 2.75) is 52.0 Å². The Balaban J connectivity index is 0.000000956. The molecule has 0 aromatic heterocycles. The maximum absolute atomic E-state index is 4.95. The first kappa shape index (κ1) is 31.4. The average molecular weight is 686 g/mol. The molecule has 198 valence electrons.